The van der Waals surface area contributed by atoms with Gasteiger partial charge in [-0.3, -0.25) is 4.79 Å². The van der Waals surface area contributed by atoms with Crippen molar-refractivity contribution in [3.8, 4) is 0 Å². The number of carbonyl (C=O) groups excluding carboxylic acids is 1. The van der Waals surface area contributed by atoms with E-state index in [1.54, 1.807) is 6.20 Å². The average Bonchev–Trinajstić information content (AvgIpc) is 2.72. The summed E-state index contributed by atoms with van der Waals surface area (Å²) >= 11 is 0. The maximum atomic E-state index is 12.4. The lowest BCUT2D eigenvalue weighted by molar-refractivity contribution is -0.144. The van der Waals surface area contributed by atoms with Crippen molar-refractivity contribution in [1.82, 2.24) is 9.55 Å². The summed E-state index contributed by atoms with van der Waals surface area (Å²) < 4.78 is 7.57. The van der Waals surface area contributed by atoms with Crippen molar-refractivity contribution in [3.05, 3.63) is 18.2 Å². The number of ether oxygens (including phenoxy) is 1. The highest BCUT2D eigenvalue weighted by molar-refractivity contribution is 5.88. The third-order valence-corrected chi connectivity index (χ3v) is 3.31. The first kappa shape index (κ1) is 13.9. The molecule has 17 heavy (non-hydrogen) atoms. The molecule has 1 rings (SSSR count). The van der Waals surface area contributed by atoms with E-state index in [1.165, 1.54) is 0 Å². The molecule has 0 N–H and O–H groups in total. The lowest BCUT2D eigenvalue weighted by atomic mass is 9.89. The highest BCUT2D eigenvalue weighted by Gasteiger charge is 2.35. The monoisotopic (exact) mass is 238 g/mol. The van der Waals surface area contributed by atoms with Crippen molar-refractivity contribution in [3.63, 3.8) is 0 Å². The second-order valence-corrected chi connectivity index (χ2v) is 4.19. The minimum atomic E-state index is -0.638. The highest BCUT2D eigenvalue weighted by atomic mass is 16.5. The SMILES string of the molecule is CCOC(CC)(CC)C(=O)Cc1nccn1C. The Labute approximate surface area is 103 Å². The molecule has 1 aromatic rings. The van der Waals surface area contributed by atoms with Gasteiger partial charge >= 0.3 is 0 Å². The van der Waals surface area contributed by atoms with E-state index in [-0.39, 0.29) is 5.78 Å². The lowest BCUT2D eigenvalue weighted by Gasteiger charge is -2.29. The minimum absolute atomic E-state index is 0.124. The average molecular weight is 238 g/mol. The summed E-state index contributed by atoms with van der Waals surface area (Å²) in [4.78, 5) is 16.5. The van der Waals surface area contributed by atoms with Crippen molar-refractivity contribution in [1.29, 1.82) is 0 Å². The number of aromatic nitrogens is 2. The van der Waals surface area contributed by atoms with Gasteiger partial charge in [-0.05, 0) is 19.8 Å². The quantitative estimate of drug-likeness (QED) is 0.731. The number of rotatable bonds is 7. The maximum absolute atomic E-state index is 12.4. The molecule has 96 valence electrons. The van der Waals surface area contributed by atoms with Crippen molar-refractivity contribution in [2.45, 2.75) is 45.6 Å². The second-order valence-electron chi connectivity index (χ2n) is 4.19. The number of nitrogens with zero attached hydrogens (tertiary/aromatic N) is 2. The fourth-order valence-corrected chi connectivity index (χ4v) is 2.08. The Balaban J connectivity index is 2.82. The van der Waals surface area contributed by atoms with Crippen molar-refractivity contribution in [2.75, 3.05) is 6.61 Å². The van der Waals surface area contributed by atoms with Crippen LogP contribution in [0.5, 0.6) is 0 Å². The van der Waals surface area contributed by atoms with Crippen LogP contribution in [-0.2, 0) is 23.0 Å². The van der Waals surface area contributed by atoms with Crippen LogP contribution in [-0.4, -0.2) is 27.5 Å². The van der Waals surface area contributed by atoms with E-state index in [0.29, 0.717) is 25.9 Å². The molecule has 0 aliphatic rings. The van der Waals surface area contributed by atoms with Gasteiger partial charge in [-0.2, -0.15) is 0 Å². The normalized spacial score (nSPS) is 11.8. The molecule has 4 heteroatoms. The Morgan fingerprint density at radius 1 is 1.41 bits per heavy atom. The predicted octanol–water partition coefficient (Wildman–Crippen LogP) is 2.13. The Bertz CT molecular complexity index is 367. The van der Waals surface area contributed by atoms with E-state index in [0.717, 1.165) is 5.82 Å². The second kappa shape index (κ2) is 5.96. The molecule has 0 saturated heterocycles. The molecular weight excluding hydrogens is 216 g/mol. The number of aryl methyl sites for hydroxylation is 1. The molecule has 0 aliphatic carbocycles. The van der Waals surface area contributed by atoms with E-state index < -0.39 is 5.60 Å². The van der Waals surface area contributed by atoms with Gasteiger partial charge in [0, 0.05) is 26.0 Å². The van der Waals surface area contributed by atoms with Crippen LogP contribution in [0.25, 0.3) is 0 Å². The van der Waals surface area contributed by atoms with Crippen molar-refractivity contribution < 1.29 is 9.53 Å². The van der Waals surface area contributed by atoms with Crippen LogP contribution in [0.3, 0.4) is 0 Å². The van der Waals surface area contributed by atoms with Crippen LogP contribution < -0.4 is 0 Å². The topological polar surface area (TPSA) is 44.1 Å². The van der Waals surface area contributed by atoms with Crippen molar-refractivity contribution in [2.24, 2.45) is 7.05 Å². The van der Waals surface area contributed by atoms with Crippen LogP contribution in [0.4, 0.5) is 0 Å². The highest BCUT2D eigenvalue weighted by Crippen LogP contribution is 2.23. The van der Waals surface area contributed by atoms with Crippen LogP contribution in [0, 0.1) is 0 Å². The number of Topliss-reactive ketones (excluding diaryl/α,β-unsaturated/α-hetero) is 1. The van der Waals surface area contributed by atoms with E-state index in [4.69, 9.17) is 4.74 Å². The number of hydrogen-bond acceptors (Lipinski definition) is 3. The molecule has 0 amide bonds. The van der Waals surface area contributed by atoms with Gasteiger partial charge in [0.25, 0.3) is 0 Å². The summed E-state index contributed by atoms with van der Waals surface area (Å²) in [6.07, 6.45) is 5.32. The van der Waals surface area contributed by atoms with E-state index in [1.807, 2.05) is 38.6 Å². The molecular formula is C13H22N2O2. The summed E-state index contributed by atoms with van der Waals surface area (Å²) in [5, 5.41) is 0. The van der Waals surface area contributed by atoms with Gasteiger partial charge in [0.1, 0.15) is 11.4 Å². The zero-order valence-corrected chi connectivity index (χ0v) is 11.2. The van der Waals surface area contributed by atoms with E-state index >= 15 is 0 Å². The summed E-state index contributed by atoms with van der Waals surface area (Å²) in [6, 6.07) is 0. The molecule has 1 aromatic heterocycles. The number of ketones is 1. The number of carbonyl (C=O) groups is 1. The predicted molar refractivity (Wildman–Crippen MR) is 66.9 cm³/mol. The third-order valence-electron chi connectivity index (χ3n) is 3.31. The fraction of sp³-hybridized carbons (Fsp3) is 0.692. The third kappa shape index (κ3) is 2.94. The Morgan fingerprint density at radius 3 is 2.47 bits per heavy atom. The fourth-order valence-electron chi connectivity index (χ4n) is 2.08. The molecule has 0 aromatic carbocycles. The first-order chi connectivity index (χ1) is 8.09. The van der Waals surface area contributed by atoms with Crippen LogP contribution >= 0.6 is 0 Å². The van der Waals surface area contributed by atoms with Gasteiger partial charge in [0.05, 0.1) is 6.42 Å². The minimum Gasteiger partial charge on any atom is -0.368 e. The number of imidazole rings is 1. The van der Waals surface area contributed by atoms with Gasteiger partial charge in [-0.15, -0.1) is 0 Å². The summed E-state index contributed by atoms with van der Waals surface area (Å²) in [5.41, 5.74) is -0.638. The molecule has 0 radical (unpaired) electrons. The standard InChI is InChI=1S/C13H22N2O2/c1-5-13(6-2,17-7-3)11(16)10-12-14-8-9-15(12)4/h8-9H,5-7,10H2,1-4H3. The van der Waals surface area contributed by atoms with Gasteiger partial charge in [-0.1, -0.05) is 13.8 Å². The molecule has 4 nitrogen and oxygen atoms in total. The Morgan fingerprint density at radius 2 is 2.06 bits per heavy atom. The van der Waals surface area contributed by atoms with E-state index in [9.17, 15) is 4.79 Å². The Hall–Kier alpha value is -1.16. The molecule has 0 spiro atoms. The summed E-state index contributed by atoms with van der Waals surface area (Å²) in [5.74, 6) is 0.916. The van der Waals surface area contributed by atoms with Gasteiger partial charge in [0.15, 0.2) is 5.78 Å². The number of hydrogen-bond donors (Lipinski definition) is 0. The van der Waals surface area contributed by atoms with Gasteiger partial charge in [0.2, 0.25) is 0 Å². The van der Waals surface area contributed by atoms with Crippen molar-refractivity contribution >= 4 is 5.78 Å². The summed E-state index contributed by atoms with van der Waals surface area (Å²) in [7, 11) is 1.90. The molecule has 0 bridgehead atoms. The Kier molecular flexibility index (Phi) is 4.87. The van der Waals surface area contributed by atoms with Crippen LogP contribution in [0.2, 0.25) is 0 Å². The smallest absolute Gasteiger partial charge is 0.172 e. The largest absolute Gasteiger partial charge is 0.368 e. The molecule has 1 heterocycles. The molecule has 0 atom stereocenters. The first-order valence-corrected chi connectivity index (χ1v) is 6.23. The zero-order chi connectivity index (χ0) is 12.9. The molecule has 0 aliphatic heterocycles. The van der Waals surface area contributed by atoms with Crippen LogP contribution in [0.15, 0.2) is 12.4 Å². The van der Waals surface area contributed by atoms with Gasteiger partial charge < -0.3 is 9.30 Å². The maximum Gasteiger partial charge on any atom is 0.172 e. The molecule has 0 fully saturated rings. The van der Waals surface area contributed by atoms with E-state index in [2.05, 4.69) is 4.98 Å². The molecule has 0 saturated carbocycles. The first-order valence-electron chi connectivity index (χ1n) is 6.23. The van der Waals surface area contributed by atoms with Crippen LogP contribution in [0.1, 0.15) is 39.4 Å². The lowest BCUT2D eigenvalue weighted by Crippen LogP contribution is -2.42. The summed E-state index contributed by atoms with van der Waals surface area (Å²) in [6.45, 7) is 6.48. The zero-order valence-electron chi connectivity index (χ0n) is 11.2. The molecule has 0 unspecified atom stereocenters. The van der Waals surface area contributed by atoms with Gasteiger partial charge in [-0.25, -0.2) is 4.98 Å².